The van der Waals surface area contributed by atoms with Gasteiger partial charge in [0.15, 0.2) is 0 Å². The molecule has 0 aromatic heterocycles. The Hall–Kier alpha value is -2.97. The summed E-state index contributed by atoms with van der Waals surface area (Å²) in [6, 6.07) is 3.08. The lowest BCUT2D eigenvalue weighted by atomic mass is 10.0. The van der Waals surface area contributed by atoms with E-state index in [0.29, 0.717) is 24.9 Å². The van der Waals surface area contributed by atoms with Gasteiger partial charge in [-0.2, -0.15) is 0 Å². The van der Waals surface area contributed by atoms with E-state index in [-0.39, 0.29) is 18.2 Å². The Kier molecular flexibility index (Phi) is 7.91. The van der Waals surface area contributed by atoms with Crippen molar-refractivity contribution in [1.82, 2.24) is 15.5 Å². The predicted molar refractivity (Wildman–Crippen MR) is 108 cm³/mol. The lowest BCUT2D eigenvalue weighted by Gasteiger charge is -2.30. The van der Waals surface area contributed by atoms with Crippen molar-refractivity contribution >= 4 is 23.6 Å². The van der Waals surface area contributed by atoms with Gasteiger partial charge in [-0.05, 0) is 36.5 Å². The quantitative estimate of drug-likeness (QED) is 0.567. The van der Waals surface area contributed by atoms with Crippen LogP contribution >= 0.6 is 0 Å². The van der Waals surface area contributed by atoms with Crippen LogP contribution < -0.4 is 16.4 Å². The van der Waals surface area contributed by atoms with E-state index in [1.807, 2.05) is 0 Å². The SMILES string of the molecule is CC(=O)N[C@H](C(=O)N[C@@H](Cc1ccc(F)cc1)C(=O)N1CCC[C@H]1C(N)=O)C(C)C. The number of nitrogens with two attached hydrogens (primary N) is 1. The zero-order valence-corrected chi connectivity index (χ0v) is 17.5. The normalized spacial score (nSPS) is 18.0. The monoisotopic (exact) mass is 420 g/mol. The number of halogens is 1. The molecule has 0 saturated carbocycles. The van der Waals surface area contributed by atoms with E-state index in [2.05, 4.69) is 10.6 Å². The second-order valence-corrected chi connectivity index (χ2v) is 7.91. The van der Waals surface area contributed by atoms with Crippen LogP contribution in [0.4, 0.5) is 4.39 Å². The van der Waals surface area contributed by atoms with Gasteiger partial charge in [0.1, 0.15) is 23.9 Å². The molecule has 0 aliphatic carbocycles. The summed E-state index contributed by atoms with van der Waals surface area (Å²) in [6.07, 6.45) is 1.22. The molecule has 1 heterocycles. The number of benzene rings is 1. The molecule has 1 aromatic carbocycles. The summed E-state index contributed by atoms with van der Waals surface area (Å²) in [7, 11) is 0. The fraction of sp³-hybridized carbons (Fsp3) is 0.524. The van der Waals surface area contributed by atoms with Crippen LogP contribution in [-0.2, 0) is 25.6 Å². The molecule has 1 aliphatic heterocycles. The van der Waals surface area contributed by atoms with Gasteiger partial charge in [-0.15, -0.1) is 0 Å². The first-order valence-corrected chi connectivity index (χ1v) is 10.0. The maximum Gasteiger partial charge on any atom is 0.246 e. The Morgan fingerprint density at radius 3 is 2.33 bits per heavy atom. The molecule has 4 N–H and O–H groups in total. The molecule has 1 aromatic rings. The van der Waals surface area contributed by atoms with Gasteiger partial charge in [-0.25, -0.2) is 4.39 Å². The van der Waals surface area contributed by atoms with Crippen molar-refractivity contribution in [2.45, 2.75) is 58.2 Å². The number of amides is 4. The van der Waals surface area contributed by atoms with Gasteiger partial charge in [0.25, 0.3) is 0 Å². The molecule has 3 atom stereocenters. The minimum atomic E-state index is -0.988. The molecule has 0 spiro atoms. The summed E-state index contributed by atoms with van der Waals surface area (Å²) in [4.78, 5) is 50.7. The highest BCUT2D eigenvalue weighted by atomic mass is 19.1. The summed E-state index contributed by atoms with van der Waals surface area (Å²) < 4.78 is 13.3. The Bertz CT molecular complexity index is 797. The minimum Gasteiger partial charge on any atom is -0.368 e. The van der Waals surface area contributed by atoms with Crippen LogP contribution in [0, 0.1) is 11.7 Å². The van der Waals surface area contributed by atoms with Crippen LogP contribution in [0.5, 0.6) is 0 Å². The average Bonchev–Trinajstić information content (AvgIpc) is 3.16. The van der Waals surface area contributed by atoms with Crippen molar-refractivity contribution in [3.63, 3.8) is 0 Å². The lowest BCUT2D eigenvalue weighted by Crippen LogP contribution is -2.57. The van der Waals surface area contributed by atoms with E-state index in [4.69, 9.17) is 5.73 Å². The van der Waals surface area contributed by atoms with Crippen LogP contribution in [0.15, 0.2) is 24.3 Å². The third-order valence-electron chi connectivity index (χ3n) is 5.14. The molecule has 8 nitrogen and oxygen atoms in total. The molecule has 0 bridgehead atoms. The molecular weight excluding hydrogens is 391 g/mol. The van der Waals surface area contributed by atoms with E-state index in [1.54, 1.807) is 13.8 Å². The van der Waals surface area contributed by atoms with Gasteiger partial charge in [-0.3, -0.25) is 19.2 Å². The van der Waals surface area contributed by atoms with Crippen molar-refractivity contribution in [3.05, 3.63) is 35.6 Å². The first-order valence-electron chi connectivity index (χ1n) is 10.0. The van der Waals surface area contributed by atoms with E-state index in [1.165, 1.54) is 36.1 Å². The molecule has 1 fully saturated rings. The van der Waals surface area contributed by atoms with Crippen LogP contribution in [0.3, 0.4) is 0 Å². The van der Waals surface area contributed by atoms with Gasteiger partial charge in [0.05, 0.1) is 0 Å². The number of likely N-dealkylation sites (tertiary alicyclic amines) is 1. The Morgan fingerprint density at radius 2 is 1.80 bits per heavy atom. The zero-order valence-electron chi connectivity index (χ0n) is 17.5. The molecule has 30 heavy (non-hydrogen) atoms. The summed E-state index contributed by atoms with van der Waals surface area (Å²) in [5.74, 6) is -2.51. The molecule has 0 unspecified atom stereocenters. The van der Waals surface area contributed by atoms with Crippen molar-refractivity contribution in [2.24, 2.45) is 11.7 Å². The van der Waals surface area contributed by atoms with Crippen molar-refractivity contribution in [2.75, 3.05) is 6.54 Å². The molecular formula is C21H29FN4O4. The maximum absolute atomic E-state index is 13.3. The highest BCUT2D eigenvalue weighted by Gasteiger charge is 2.37. The summed E-state index contributed by atoms with van der Waals surface area (Å²) in [5.41, 5.74) is 6.07. The average molecular weight is 420 g/mol. The van der Waals surface area contributed by atoms with Crippen LogP contribution in [-0.4, -0.2) is 53.2 Å². The fourth-order valence-corrected chi connectivity index (χ4v) is 3.60. The van der Waals surface area contributed by atoms with Crippen LogP contribution in [0.1, 0.15) is 39.2 Å². The molecule has 0 radical (unpaired) electrons. The maximum atomic E-state index is 13.3. The second-order valence-electron chi connectivity index (χ2n) is 7.91. The molecule has 164 valence electrons. The minimum absolute atomic E-state index is 0.109. The molecule has 4 amide bonds. The van der Waals surface area contributed by atoms with Gasteiger partial charge in [-0.1, -0.05) is 26.0 Å². The number of nitrogens with zero attached hydrogens (tertiary/aromatic N) is 1. The van der Waals surface area contributed by atoms with Crippen molar-refractivity contribution in [3.8, 4) is 0 Å². The molecule has 2 rings (SSSR count). The Labute approximate surface area is 175 Å². The summed E-state index contributed by atoms with van der Waals surface area (Å²) in [5, 5.41) is 5.30. The van der Waals surface area contributed by atoms with Gasteiger partial charge >= 0.3 is 0 Å². The first-order chi connectivity index (χ1) is 14.1. The largest absolute Gasteiger partial charge is 0.368 e. The topological polar surface area (TPSA) is 122 Å². The zero-order chi connectivity index (χ0) is 22.4. The number of rotatable bonds is 8. The van der Waals surface area contributed by atoms with Gasteiger partial charge in [0, 0.05) is 19.9 Å². The summed E-state index contributed by atoms with van der Waals surface area (Å²) in [6.45, 7) is 5.23. The second kappa shape index (κ2) is 10.2. The Morgan fingerprint density at radius 1 is 1.17 bits per heavy atom. The van der Waals surface area contributed by atoms with Crippen LogP contribution in [0.25, 0.3) is 0 Å². The number of primary amides is 1. The molecule has 1 saturated heterocycles. The predicted octanol–water partition coefficient (Wildman–Crippen LogP) is 0.490. The molecule has 1 aliphatic rings. The van der Waals surface area contributed by atoms with E-state index in [0.717, 1.165) is 0 Å². The first kappa shape index (κ1) is 23.3. The van der Waals surface area contributed by atoms with E-state index < -0.39 is 41.7 Å². The fourth-order valence-electron chi connectivity index (χ4n) is 3.60. The summed E-state index contributed by atoms with van der Waals surface area (Å²) >= 11 is 0. The highest BCUT2D eigenvalue weighted by Crippen LogP contribution is 2.19. The van der Waals surface area contributed by atoms with Crippen LogP contribution in [0.2, 0.25) is 0 Å². The highest BCUT2D eigenvalue weighted by molar-refractivity contribution is 5.94. The number of carbonyl (C=O) groups is 4. The number of hydrogen-bond acceptors (Lipinski definition) is 4. The van der Waals surface area contributed by atoms with Crippen molar-refractivity contribution < 1.29 is 23.6 Å². The third kappa shape index (κ3) is 6.01. The van der Waals surface area contributed by atoms with Gasteiger partial charge < -0.3 is 21.3 Å². The standard InChI is InChI=1S/C21H29FN4O4/c1-12(2)18(24-13(3)27)20(29)25-16(11-14-6-8-15(22)9-7-14)21(30)26-10-4-5-17(26)19(23)28/h6-9,12,16-18H,4-5,10-11H2,1-3H3,(H2,23,28)(H,24,27)(H,25,29)/t16-,17-,18-/m0/s1. The van der Waals surface area contributed by atoms with Crippen molar-refractivity contribution in [1.29, 1.82) is 0 Å². The third-order valence-corrected chi connectivity index (χ3v) is 5.14. The Balaban J connectivity index is 2.26. The number of carbonyl (C=O) groups excluding carboxylic acids is 4. The van der Waals surface area contributed by atoms with Gasteiger partial charge in [0.2, 0.25) is 23.6 Å². The lowest BCUT2D eigenvalue weighted by molar-refractivity contribution is -0.141. The molecule has 9 heteroatoms. The van der Waals surface area contributed by atoms with E-state index in [9.17, 15) is 23.6 Å². The smallest absolute Gasteiger partial charge is 0.246 e. The van der Waals surface area contributed by atoms with E-state index >= 15 is 0 Å². The number of nitrogens with one attached hydrogen (secondary N) is 2. The number of hydrogen-bond donors (Lipinski definition) is 3.